The van der Waals surface area contributed by atoms with Crippen molar-refractivity contribution < 1.29 is 4.79 Å². The van der Waals surface area contributed by atoms with Crippen molar-refractivity contribution in [2.75, 3.05) is 13.1 Å². The molecule has 3 rings (SSSR count). The van der Waals surface area contributed by atoms with Gasteiger partial charge in [0.15, 0.2) is 0 Å². The zero-order valence-corrected chi connectivity index (χ0v) is 10.2. The molecule has 0 bridgehead atoms. The Kier molecular flexibility index (Phi) is 2.61. The Morgan fingerprint density at radius 1 is 1.35 bits per heavy atom. The van der Waals surface area contributed by atoms with Gasteiger partial charge in [-0.25, -0.2) is 4.98 Å². The van der Waals surface area contributed by atoms with Crippen molar-refractivity contribution in [1.29, 1.82) is 0 Å². The van der Waals surface area contributed by atoms with Crippen LogP contribution in [0.2, 0.25) is 0 Å². The monoisotopic (exact) mass is 234 g/mol. The Hall–Kier alpha value is -1.39. The van der Waals surface area contributed by atoms with Crippen LogP contribution in [0.1, 0.15) is 36.3 Å². The molecular formula is C12H18N4O. The number of hydrogen-bond acceptors (Lipinski definition) is 3. The van der Waals surface area contributed by atoms with Crippen LogP contribution < -0.4 is 0 Å². The Labute approximate surface area is 101 Å². The quantitative estimate of drug-likeness (QED) is 0.769. The zero-order valence-electron chi connectivity index (χ0n) is 10.2. The van der Waals surface area contributed by atoms with Crippen LogP contribution in [-0.4, -0.2) is 38.7 Å². The molecule has 1 saturated carbocycles. The van der Waals surface area contributed by atoms with Gasteiger partial charge < -0.3 is 4.90 Å². The minimum atomic E-state index is -0.00375. The molecule has 0 N–H and O–H groups in total. The van der Waals surface area contributed by atoms with Crippen molar-refractivity contribution in [2.45, 2.75) is 25.7 Å². The van der Waals surface area contributed by atoms with Gasteiger partial charge in [0.1, 0.15) is 6.33 Å². The number of aryl methyl sites for hydroxylation is 1. The molecule has 0 aromatic carbocycles. The average molecular weight is 234 g/mol. The van der Waals surface area contributed by atoms with Crippen molar-refractivity contribution >= 4 is 5.91 Å². The molecule has 1 unspecified atom stereocenters. The molecule has 0 spiro atoms. The summed E-state index contributed by atoms with van der Waals surface area (Å²) in [5.41, 5.74) is 0. The molecule has 1 amide bonds. The molecular weight excluding hydrogens is 216 g/mol. The minimum absolute atomic E-state index is 0.00375. The molecule has 1 aliphatic heterocycles. The van der Waals surface area contributed by atoms with Gasteiger partial charge in [0.25, 0.3) is 5.91 Å². The molecule has 1 saturated heterocycles. The van der Waals surface area contributed by atoms with Crippen LogP contribution in [0.5, 0.6) is 0 Å². The van der Waals surface area contributed by atoms with Gasteiger partial charge in [0.2, 0.25) is 5.82 Å². The number of carbonyl (C=O) groups is 1. The molecule has 2 fully saturated rings. The van der Waals surface area contributed by atoms with Gasteiger partial charge in [0, 0.05) is 20.1 Å². The van der Waals surface area contributed by atoms with E-state index in [1.54, 1.807) is 18.1 Å². The van der Waals surface area contributed by atoms with E-state index in [4.69, 9.17) is 0 Å². The van der Waals surface area contributed by atoms with Crippen LogP contribution in [0.25, 0.3) is 0 Å². The maximum atomic E-state index is 12.2. The molecule has 1 atom stereocenters. The van der Waals surface area contributed by atoms with Crippen LogP contribution in [0.4, 0.5) is 0 Å². The topological polar surface area (TPSA) is 51.0 Å². The van der Waals surface area contributed by atoms with Crippen LogP contribution in [0.3, 0.4) is 0 Å². The lowest BCUT2D eigenvalue weighted by atomic mass is 9.93. The number of hydrogen-bond donors (Lipinski definition) is 0. The standard InChI is InChI=1S/C12H18N4O/c1-15-8-13-11(14-15)12(17)16-6-2-3-10(7-16)9-4-5-9/h8-10H,2-7H2,1H3. The summed E-state index contributed by atoms with van der Waals surface area (Å²) >= 11 is 0. The fourth-order valence-electron chi connectivity index (χ4n) is 2.73. The first-order chi connectivity index (χ1) is 8.24. The molecule has 2 aliphatic rings. The number of nitrogens with zero attached hydrogens (tertiary/aromatic N) is 4. The van der Waals surface area contributed by atoms with Gasteiger partial charge in [0.05, 0.1) is 0 Å². The fraction of sp³-hybridized carbons (Fsp3) is 0.750. The lowest BCUT2D eigenvalue weighted by molar-refractivity contribution is 0.0647. The van der Waals surface area contributed by atoms with Gasteiger partial charge >= 0.3 is 0 Å². The first-order valence-corrected chi connectivity index (χ1v) is 6.39. The minimum Gasteiger partial charge on any atom is -0.336 e. The van der Waals surface area contributed by atoms with E-state index >= 15 is 0 Å². The first-order valence-electron chi connectivity index (χ1n) is 6.39. The van der Waals surface area contributed by atoms with Crippen LogP contribution in [0, 0.1) is 11.8 Å². The number of carbonyl (C=O) groups excluding carboxylic acids is 1. The Morgan fingerprint density at radius 3 is 2.82 bits per heavy atom. The van der Waals surface area contributed by atoms with Crippen molar-refractivity contribution in [1.82, 2.24) is 19.7 Å². The summed E-state index contributed by atoms with van der Waals surface area (Å²) in [4.78, 5) is 18.2. The average Bonchev–Trinajstić information content (AvgIpc) is 3.11. The number of likely N-dealkylation sites (tertiary alicyclic amines) is 1. The summed E-state index contributed by atoms with van der Waals surface area (Å²) in [6.07, 6.45) is 6.70. The second-order valence-corrected chi connectivity index (χ2v) is 5.23. The molecule has 1 aromatic rings. The number of rotatable bonds is 2. The second-order valence-electron chi connectivity index (χ2n) is 5.23. The smallest absolute Gasteiger partial charge is 0.293 e. The molecule has 5 nitrogen and oxygen atoms in total. The summed E-state index contributed by atoms with van der Waals surface area (Å²) < 4.78 is 1.58. The maximum Gasteiger partial charge on any atom is 0.293 e. The Balaban J connectivity index is 1.68. The van der Waals surface area contributed by atoms with Crippen LogP contribution in [0.15, 0.2) is 6.33 Å². The van der Waals surface area contributed by atoms with E-state index in [1.807, 2.05) is 4.90 Å². The number of aromatic nitrogens is 3. The third kappa shape index (κ3) is 2.18. The summed E-state index contributed by atoms with van der Waals surface area (Å²) in [6, 6.07) is 0. The van der Waals surface area contributed by atoms with E-state index in [-0.39, 0.29) is 5.91 Å². The lowest BCUT2D eigenvalue weighted by Gasteiger charge is -2.32. The van der Waals surface area contributed by atoms with Gasteiger partial charge in [-0.05, 0) is 37.5 Å². The second kappa shape index (κ2) is 4.13. The molecule has 5 heteroatoms. The van der Waals surface area contributed by atoms with Crippen molar-refractivity contribution in [2.24, 2.45) is 18.9 Å². The molecule has 92 valence electrons. The summed E-state index contributed by atoms with van der Waals surface area (Å²) in [7, 11) is 1.78. The van der Waals surface area contributed by atoms with E-state index in [9.17, 15) is 4.79 Å². The summed E-state index contributed by atoms with van der Waals surface area (Å²) in [5.74, 6) is 1.93. The van der Waals surface area contributed by atoms with Crippen molar-refractivity contribution in [3.8, 4) is 0 Å². The SMILES string of the molecule is Cn1cnc(C(=O)N2CCCC(C3CC3)C2)n1. The zero-order chi connectivity index (χ0) is 11.8. The van der Waals surface area contributed by atoms with Crippen LogP contribution >= 0.6 is 0 Å². The van der Waals surface area contributed by atoms with E-state index in [2.05, 4.69) is 10.1 Å². The summed E-state index contributed by atoms with van der Waals surface area (Å²) in [5, 5.41) is 4.09. The van der Waals surface area contributed by atoms with Gasteiger partial charge in [-0.1, -0.05) is 0 Å². The predicted octanol–water partition coefficient (Wildman–Crippen LogP) is 1.08. The van der Waals surface area contributed by atoms with E-state index in [1.165, 1.54) is 19.3 Å². The van der Waals surface area contributed by atoms with Gasteiger partial charge in [-0.15, -0.1) is 5.10 Å². The van der Waals surface area contributed by atoms with Crippen molar-refractivity contribution in [3.05, 3.63) is 12.2 Å². The summed E-state index contributed by atoms with van der Waals surface area (Å²) in [6.45, 7) is 1.77. The Bertz CT molecular complexity index is 424. The highest BCUT2D eigenvalue weighted by molar-refractivity contribution is 5.90. The van der Waals surface area contributed by atoms with Gasteiger partial charge in [-0.2, -0.15) is 0 Å². The van der Waals surface area contributed by atoms with Crippen LogP contribution in [-0.2, 0) is 7.05 Å². The molecule has 1 aromatic heterocycles. The van der Waals surface area contributed by atoms with Gasteiger partial charge in [-0.3, -0.25) is 9.48 Å². The van der Waals surface area contributed by atoms with E-state index in [0.717, 1.165) is 31.3 Å². The highest BCUT2D eigenvalue weighted by Crippen LogP contribution is 2.40. The molecule has 1 aliphatic carbocycles. The fourth-order valence-corrected chi connectivity index (χ4v) is 2.73. The molecule has 17 heavy (non-hydrogen) atoms. The van der Waals surface area contributed by atoms with E-state index < -0.39 is 0 Å². The normalized spacial score (nSPS) is 25.0. The predicted molar refractivity (Wildman–Crippen MR) is 62.4 cm³/mol. The number of piperidine rings is 1. The number of amides is 1. The van der Waals surface area contributed by atoms with Crippen molar-refractivity contribution in [3.63, 3.8) is 0 Å². The Morgan fingerprint density at radius 2 is 2.18 bits per heavy atom. The third-order valence-corrected chi connectivity index (χ3v) is 3.82. The lowest BCUT2D eigenvalue weighted by Crippen LogP contribution is -2.41. The molecule has 2 heterocycles. The maximum absolute atomic E-state index is 12.2. The highest BCUT2D eigenvalue weighted by Gasteiger charge is 2.35. The first kappa shape index (κ1) is 10.7. The molecule has 0 radical (unpaired) electrons. The van der Waals surface area contributed by atoms with E-state index in [0.29, 0.717) is 5.82 Å². The third-order valence-electron chi connectivity index (χ3n) is 3.82. The largest absolute Gasteiger partial charge is 0.336 e. The highest BCUT2D eigenvalue weighted by atomic mass is 16.2.